The second-order valence-corrected chi connectivity index (χ2v) is 5.62. The maximum absolute atomic E-state index is 12.1. The van der Waals surface area contributed by atoms with Crippen LogP contribution < -0.4 is 10.6 Å². The van der Waals surface area contributed by atoms with E-state index in [4.69, 9.17) is 4.42 Å². The summed E-state index contributed by atoms with van der Waals surface area (Å²) in [6.07, 6.45) is 1.61. The van der Waals surface area contributed by atoms with Crippen LogP contribution in [0.25, 0.3) is 0 Å². The molecule has 1 aromatic carbocycles. The number of amides is 1. The van der Waals surface area contributed by atoms with Crippen LogP contribution >= 0.6 is 15.9 Å². The first-order chi connectivity index (χ1) is 11.2. The van der Waals surface area contributed by atoms with E-state index in [2.05, 4.69) is 36.8 Å². The fraction of sp³-hybridized carbons (Fsp3) is 0.0625. The number of benzene rings is 1. The third kappa shape index (κ3) is 4.17. The first kappa shape index (κ1) is 15.2. The molecule has 0 bridgehead atoms. The number of hydrogen-bond acceptors (Lipinski definition) is 5. The summed E-state index contributed by atoms with van der Waals surface area (Å²) in [5.41, 5.74) is 0.930. The lowest BCUT2D eigenvalue weighted by Gasteiger charge is -2.06. The number of anilines is 2. The van der Waals surface area contributed by atoms with Gasteiger partial charge in [-0.05, 0) is 42.5 Å². The van der Waals surface area contributed by atoms with Crippen LogP contribution in [0.2, 0.25) is 0 Å². The molecule has 3 rings (SSSR count). The van der Waals surface area contributed by atoms with Gasteiger partial charge in [0.2, 0.25) is 0 Å². The summed E-state index contributed by atoms with van der Waals surface area (Å²) < 4.78 is 6.10. The lowest BCUT2D eigenvalue weighted by Crippen LogP contribution is -2.14. The molecule has 2 N–H and O–H groups in total. The molecule has 6 nitrogen and oxygen atoms in total. The molecule has 0 aliphatic rings. The van der Waals surface area contributed by atoms with Crippen molar-refractivity contribution in [2.45, 2.75) is 6.54 Å². The monoisotopic (exact) mass is 372 g/mol. The van der Waals surface area contributed by atoms with Crippen molar-refractivity contribution in [2.24, 2.45) is 0 Å². The number of rotatable bonds is 5. The number of carbonyl (C=O) groups is 1. The molecular weight excluding hydrogens is 360 g/mol. The van der Waals surface area contributed by atoms with Gasteiger partial charge in [-0.3, -0.25) is 4.79 Å². The third-order valence-electron chi connectivity index (χ3n) is 3.00. The molecule has 1 amide bonds. The summed E-state index contributed by atoms with van der Waals surface area (Å²) in [5, 5.41) is 13.7. The van der Waals surface area contributed by atoms with Gasteiger partial charge < -0.3 is 15.1 Å². The Morgan fingerprint density at radius 1 is 1.13 bits per heavy atom. The van der Waals surface area contributed by atoms with Crippen molar-refractivity contribution in [3.63, 3.8) is 0 Å². The number of aromatic nitrogens is 2. The summed E-state index contributed by atoms with van der Waals surface area (Å²) in [6, 6.07) is 14.3. The van der Waals surface area contributed by atoms with E-state index in [1.165, 1.54) is 0 Å². The highest BCUT2D eigenvalue weighted by molar-refractivity contribution is 9.10. The number of halogens is 1. The molecule has 116 valence electrons. The molecule has 0 radical (unpaired) electrons. The minimum Gasteiger partial charge on any atom is -0.467 e. The van der Waals surface area contributed by atoms with Gasteiger partial charge in [0.05, 0.1) is 12.8 Å². The van der Waals surface area contributed by atoms with Gasteiger partial charge in [0.25, 0.3) is 5.91 Å². The van der Waals surface area contributed by atoms with Crippen molar-refractivity contribution in [3.8, 4) is 0 Å². The van der Waals surface area contributed by atoms with Crippen molar-refractivity contribution in [1.82, 2.24) is 10.2 Å². The Kier molecular flexibility index (Phi) is 4.68. The van der Waals surface area contributed by atoms with Gasteiger partial charge >= 0.3 is 0 Å². The fourth-order valence-electron chi connectivity index (χ4n) is 1.90. The fourth-order valence-corrected chi connectivity index (χ4v) is 2.30. The Bertz CT molecular complexity index is 788. The Labute approximate surface area is 141 Å². The predicted molar refractivity (Wildman–Crippen MR) is 90.2 cm³/mol. The molecule has 0 aliphatic heterocycles. The van der Waals surface area contributed by atoms with E-state index in [1.807, 2.05) is 30.3 Å². The highest BCUT2D eigenvalue weighted by Crippen LogP contribution is 2.16. The molecule has 3 aromatic rings. The molecule has 0 saturated heterocycles. The van der Waals surface area contributed by atoms with E-state index in [1.54, 1.807) is 24.5 Å². The van der Waals surface area contributed by atoms with E-state index in [0.717, 1.165) is 10.2 Å². The topological polar surface area (TPSA) is 80.0 Å². The van der Waals surface area contributed by atoms with Gasteiger partial charge in [0, 0.05) is 10.2 Å². The summed E-state index contributed by atoms with van der Waals surface area (Å²) in [7, 11) is 0. The quantitative estimate of drug-likeness (QED) is 0.713. The van der Waals surface area contributed by atoms with Gasteiger partial charge in [0.15, 0.2) is 5.69 Å². The van der Waals surface area contributed by atoms with E-state index in [0.29, 0.717) is 18.1 Å². The van der Waals surface area contributed by atoms with E-state index < -0.39 is 0 Å². The van der Waals surface area contributed by atoms with E-state index in [9.17, 15) is 4.79 Å². The van der Waals surface area contributed by atoms with Crippen LogP contribution in [0, 0.1) is 0 Å². The van der Waals surface area contributed by atoms with Gasteiger partial charge in [-0.25, -0.2) is 0 Å². The van der Waals surface area contributed by atoms with Crippen LogP contribution in [0.1, 0.15) is 16.2 Å². The van der Waals surface area contributed by atoms with Gasteiger partial charge in [0.1, 0.15) is 11.6 Å². The molecule has 0 unspecified atom stereocenters. The first-order valence-electron chi connectivity index (χ1n) is 6.87. The lowest BCUT2D eigenvalue weighted by molar-refractivity contribution is 0.102. The number of furan rings is 1. The maximum Gasteiger partial charge on any atom is 0.276 e. The van der Waals surface area contributed by atoms with Crippen LogP contribution in [-0.2, 0) is 6.54 Å². The largest absolute Gasteiger partial charge is 0.467 e. The Morgan fingerprint density at radius 3 is 2.74 bits per heavy atom. The number of nitrogens with one attached hydrogen (secondary N) is 2. The summed E-state index contributed by atoms with van der Waals surface area (Å²) in [6.45, 7) is 0.505. The lowest BCUT2D eigenvalue weighted by atomic mass is 10.3. The molecular formula is C16H13BrN4O2. The second-order valence-electron chi connectivity index (χ2n) is 4.70. The van der Waals surface area contributed by atoms with Gasteiger partial charge in [-0.1, -0.05) is 22.0 Å². The molecule has 0 atom stereocenters. The summed E-state index contributed by atoms with van der Waals surface area (Å²) in [4.78, 5) is 12.1. The van der Waals surface area contributed by atoms with Gasteiger partial charge in [-0.2, -0.15) is 0 Å². The van der Waals surface area contributed by atoms with Gasteiger partial charge in [-0.15, -0.1) is 10.2 Å². The smallest absolute Gasteiger partial charge is 0.276 e. The molecule has 0 saturated carbocycles. The third-order valence-corrected chi connectivity index (χ3v) is 3.50. The Morgan fingerprint density at radius 2 is 2.04 bits per heavy atom. The molecule has 0 aliphatic carbocycles. The van der Waals surface area contributed by atoms with Crippen LogP contribution in [0.5, 0.6) is 0 Å². The van der Waals surface area contributed by atoms with Crippen LogP contribution in [0.4, 0.5) is 11.5 Å². The molecule has 0 fully saturated rings. The molecule has 0 spiro atoms. The minimum absolute atomic E-state index is 0.244. The summed E-state index contributed by atoms with van der Waals surface area (Å²) >= 11 is 3.36. The maximum atomic E-state index is 12.1. The van der Waals surface area contributed by atoms with Crippen molar-refractivity contribution in [2.75, 3.05) is 10.6 Å². The summed E-state index contributed by atoms with van der Waals surface area (Å²) in [5.74, 6) is 1.05. The number of carbonyl (C=O) groups excluding carboxylic acids is 1. The highest BCUT2D eigenvalue weighted by atomic mass is 79.9. The van der Waals surface area contributed by atoms with Crippen LogP contribution in [0.3, 0.4) is 0 Å². The SMILES string of the molecule is O=C(Nc1cccc(Br)c1)c1ccc(NCc2ccco2)nn1. The highest BCUT2D eigenvalue weighted by Gasteiger charge is 2.09. The average Bonchev–Trinajstić information content (AvgIpc) is 3.07. The molecule has 7 heteroatoms. The average molecular weight is 373 g/mol. The van der Waals surface area contributed by atoms with Crippen LogP contribution in [0.15, 0.2) is 63.7 Å². The number of nitrogens with zero attached hydrogens (tertiary/aromatic N) is 2. The zero-order valence-electron chi connectivity index (χ0n) is 12.0. The van der Waals surface area contributed by atoms with Crippen LogP contribution in [-0.4, -0.2) is 16.1 Å². The van der Waals surface area contributed by atoms with Crippen molar-refractivity contribution in [1.29, 1.82) is 0 Å². The predicted octanol–water partition coefficient (Wildman–Crippen LogP) is 3.70. The van der Waals surface area contributed by atoms with Crippen molar-refractivity contribution >= 4 is 33.3 Å². The molecule has 2 heterocycles. The zero-order chi connectivity index (χ0) is 16.1. The first-order valence-corrected chi connectivity index (χ1v) is 7.67. The zero-order valence-corrected chi connectivity index (χ0v) is 13.6. The number of hydrogen-bond donors (Lipinski definition) is 2. The second kappa shape index (κ2) is 7.06. The van der Waals surface area contributed by atoms with Crippen molar-refractivity contribution < 1.29 is 9.21 Å². The normalized spacial score (nSPS) is 10.3. The molecule has 2 aromatic heterocycles. The van der Waals surface area contributed by atoms with Crippen molar-refractivity contribution in [3.05, 3.63) is 70.7 Å². The molecule has 23 heavy (non-hydrogen) atoms. The standard InChI is InChI=1S/C16H13BrN4O2/c17-11-3-1-4-12(9-11)19-16(22)14-6-7-15(21-20-14)18-10-13-5-2-8-23-13/h1-9H,10H2,(H,18,21)(H,19,22). The minimum atomic E-state index is -0.312. The van der Waals surface area contributed by atoms with E-state index >= 15 is 0 Å². The Balaban J connectivity index is 1.61. The Hall–Kier alpha value is -2.67. The van der Waals surface area contributed by atoms with E-state index in [-0.39, 0.29) is 11.6 Å².